The summed E-state index contributed by atoms with van der Waals surface area (Å²) in [5.74, 6) is -1.04. The number of hydrogen-bond acceptors (Lipinski definition) is 2. The third-order valence-corrected chi connectivity index (χ3v) is 3.66. The van der Waals surface area contributed by atoms with E-state index in [1.54, 1.807) is 18.3 Å². The molecule has 2 amide bonds. The number of rotatable bonds is 2. The highest BCUT2D eigenvalue weighted by Crippen LogP contribution is 2.25. The lowest BCUT2D eigenvalue weighted by Gasteiger charge is -2.22. The molecule has 0 unspecified atom stereocenters. The normalized spacial score (nSPS) is 22.4. The minimum atomic E-state index is -1.21. The van der Waals surface area contributed by atoms with E-state index in [-0.39, 0.29) is 18.9 Å². The zero-order valence-corrected chi connectivity index (χ0v) is 10.7. The zero-order valence-electron chi connectivity index (χ0n) is 10.7. The van der Waals surface area contributed by atoms with Crippen molar-refractivity contribution < 1.29 is 14.0 Å². The first-order chi connectivity index (χ1) is 9.58. The molecule has 0 radical (unpaired) electrons. The van der Waals surface area contributed by atoms with Crippen LogP contribution in [-0.4, -0.2) is 40.5 Å². The van der Waals surface area contributed by atoms with Gasteiger partial charge in [-0.05, 0) is 12.1 Å². The maximum atomic E-state index is 13.5. The Labute approximate surface area is 114 Å². The highest BCUT2D eigenvalue weighted by molar-refractivity contribution is 6.07. The molecule has 1 aromatic carbocycles. The number of alkyl halides is 1. The summed E-state index contributed by atoms with van der Waals surface area (Å²) in [7, 11) is 0. The molecule has 0 bridgehead atoms. The number of para-hydroxylation sites is 1. The van der Waals surface area contributed by atoms with Crippen molar-refractivity contribution in [2.45, 2.75) is 18.6 Å². The number of fused-ring (bicyclic) bond motifs is 1. The van der Waals surface area contributed by atoms with Gasteiger partial charge in [0.1, 0.15) is 12.2 Å². The molecule has 104 valence electrons. The number of carbonyl (C=O) groups excluding carboxylic acids is 2. The molecule has 1 aliphatic rings. The van der Waals surface area contributed by atoms with Crippen molar-refractivity contribution >= 4 is 22.7 Å². The van der Waals surface area contributed by atoms with E-state index in [0.717, 1.165) is 5.39 Å². The monoisotopic (exact) mass is 275 g/mol. The number of aromatic nitrogens is 1. The molecule has 3 N–H and O–H groups in total. The molecule has 5 nitrogen and oxygen atoms in total. The van der Waals surface area contributed by atoms with Gasteiger partial charge in [-0.15, -0.1) is 0 Å². The predicted octanol–water partition coefficient (Wildman–Crippen LogP) is 1.21. The Morgan fingerprint density at radius 2 is 2.15 bits per heavy atom. The number of nitrogens with two attached hydrogens (primary N) is 1. The number of likely N-dealkylation sites (tertiary alicyclic amines) is 1. The Bertz CT molecular complexity index is 682. The lowest BCUT2D eigenvalue weighted by atomic mass is 10.1. The van der Waals surface area contributed by atoms with Crippen LogP contribution in [0, 0.1) is 0 Å². The molecule has 2 heterocycles. The van der Waals surface area contributed by atoms with E-state index < -0.39 is 18.1 Å². The number of aromatic amines is 1. The average Bonchev–Trinajstić information content (AvgIpc) is 3.03. The molecule has 3 rings (SSSR count). The number of halogens is 1. The van der Waals surface area contributed by atoms with Crippen LogP contribution >= 0.6 is 0 Å². The number of carbonyl (C=O) groups is 2. The molecule has 2 atom stereocenters. The second-order valence-corrected chi connectivity index (χ2v) is 4.96. The molecule has 0 saturated carbocycles. The smallest absolute Gasteiger partial charge is 0.256 e. The van der Waals surface area contributed by atoms with Crippen LogP contribution in [0.25, 0.3) is 10.9 Å². The summed E-state index contributed by atoms with van der Waals surface area (Å²) in [5, 5.41) is 0.891. The van der Waals surface area contributed by atoms with E-state index in [1.165, 1.54) is 4.90 Å². The van der Waals surface area contributed by atoms with Gasteiger partial charge in [-0.25, -0.2) is 4.39 Å². The number of amides is 2. The third kappa shape index (κ3) is 1.93. The average molecular weight is 275 g/mol. The first kappa shape index (κ1) is 12.7. The van der Waals surface area contributed by atoms with Crippen molar-refractivity contribution in [1.82, 2.24) is 9.88 Å². The Hall–Kier alpha value is -2.37. The van der Waals surface area contributed by atoms with Crippen LogP contribution in [0.3, 0.4) is 0 Å². The van der Waals surface area contributed by atoms with E-state index in [1.807, 2.05) is 12.1 Å². The lowest BCUT2D eigenvalue weighted by molar-refractivity contribution is -0.121. The summed E-state index contributed by atoms with van der Waals surface area (Å²) in [4.78, 5) is 28.1. The van der Waals surface area contributed by atoms with Gasteiger partial charge in [0.2, 0.25) is 5.91 Å². The fourth-order valence-electron chi connectivity index (χ4n) is 2.70. The molecule has 1 saturated heterocycles. The van der Waals surface area contributed by atoms with Gasteiger partial charge in [0.05, 0.1) is 17.6 Å². The van der Waals surface area contributed by atoms with Crippen LogP contribution < -0.4 is 5.73 Å². The molecular formula is C14H14FN3O2. The fourth-order valence-corrected chi connectivity index (χ4v) is 2.70. The topological polar surface area (TPSA) is 79.2 Å². The molecule has 1 aliphatic heterocycles. The number of nitrogens with zero attached hydrogens (tertiary/aromatic N) is 1. The first-order valence-electron chi connectivity index (χ1n) is 6.38. The SMILES string of the molecule is NC(=O)[C@@H]1C[C@@H](F)CN1C(=O)c1cccc2cc[nH]c12. The summed E-state index contributed by atoms with van der Waals surface area (Å²) in [5.41, 5.74) is 6.36. The van der Waals surface area contributed by atoms with E-state index in [9.17, 15) is 14.0 Å². The second-order valence-electron chi connectivity index (χ2n) is 4.96. The van der Waals surface area contributed by atoms with Crippen molar-refractivity contribution in [2.75, 3.05) is 6.54 Å². The minimum absolute atomic E-state index is 0.0260. The van der Waals surface area contributed by atoms with Gasteiger partial charge >= 0.3 is 0 Å². The summed E-state index contributed by atoms with van der Waals surface area (Å²) in [6, 6.07) is 6.26. The highest BCUT2D eigenvalue weighted by Gasteiger charge is 2.39. The van der Waals surface area contributed by atoms with Gasteiger partial charge in [-0.1, -0.05) is 12.1 Å². The number of benzene rings is 1. The molecular weight excluding hydrogens is 261 g/mol. The fraction of sp³-hybridized carbons (Fsp3) is 0.286. The van der Waals surface area contributed by atoms with Gasteiger partial charge < -0.3 is 15.6 Å². The quantitative estimate of drug-likeness (QED) is 0.864. The Morgan fingerprint density at radius 3 is 2.90 bits per heavy atom. The standard InChI is InChI=1S/C14H14FN3O2/c15-9-6-11(13(16)19)18(7-9)14(20)10-3-1-2-8-4-5-17-12(8)10/h1-5,9,11,17H,6-7H2,(H2,16,19)/t9-,11+/m1/s1. The molecule has 0 spiro atoms. The van der Waals surface area contributed by atoms with Crippen LogP contribution in [0.15, 0.2) is 30.5 Å². The van der Waals surface area contributed by atoms with Crippen LogP contribution in [0.2, 0.25) is 0 Å². The Balaban J connectivity index is 2.00. The number of hydrogen-bond donors (Lipinski definition) is 2. The summed E-state index contributed by atoms with van der Waals surface area (Å²) in [6.45, 7) is -0.0937. The van der Waals surface area contributed by atoms with Crippen molar-refractivity contribution in [1.29, 1.82) is 0 Å². The van der Waals surface area contributed by atoms with Crippen molar-refractivity contribution in [3.05, 3.63) is 36.0 Å². The lowest BCUT2D eigenvalue weighted by Crippen LogP contribution is -2.43. The molecule has 0 aliphatic carbocycles. The predicted molar refractivity (Wildman–Crippen MR) is 71.8 cm³/mol. The van der Waals surface area contributed by atoms with Crippen LogP contribution in [-0.2, 0) is 4.79 Å². The third-order valence-electron chi connectivity index (χ3n) is 3.66. The van der Waals surface area contributed by atoms with Crippen molar-refractivity contribution in [3.63, 3.8) is 0 Å². The largest absolute Gasteiger partial charge is 0.368 e. The highest BCUT2D eigenvalue weighted by atomic mass is 19.1. The maximum Gasteiger partial charge on any atom is 0.256 e. The second kappa shape index (κ2) is 4.63. The van der Waals surface area contributed by atoms with E-state index in [0.29, 0.717) is 11.1 Å². The van der Waals surface area contributed by atoms with E-state index in [2.05, 4.69) is 4.98 Å². The number of H-pyrrole nitrogens is 1. The van der Waals surface area contributed by atoms with Gasteiger partial charge in [-0.2, -0.15) is 0 Å². The first-order valence-corrected chi connectivity index (χ1v) is 6.38. The van der Waals surface area contributed by atoms with Gasteiger partial charge in [0.25, 0.3) is 5.91 Å². The van der Waals surface area contributed by atoms with Crippen LogP contribution in [0.5, 0.6) is 0 Å². The van der Waals surface area contributed by atoms with Crippen LogP contribution in [0.1, 0.15) is 16.8 Å². The molecule has 6 heteroatoms. The van der Waals surface area contributed by atoms with E-state index in [4.69, 9.17) is 5.73 Å². The van der Waals surface area contributed by atoms with Crippen LogP contribution in [0.4, 0.5) is 4.39 Å². The van der Waals surface area contributed by atoms with E-state index >= 15 is 0 Å². The Morgan fingerprint density at radius 1 is 1.35 bits per heavy atom. The van der Waals surface area contributed by atoms with Gasteiger partial charge in [-0.3, -0.25) is 9.59 Å². The number of primary amides is 1. The molecule has 2 aromatic rings. The maximum absolute atomic E-state index is 13.5. The van der Waals surface area contributed by atoms with Gasteiger partial charge in [0.15, 0.2) is 0 Å². The minimum Gasteiger partial charge on any atom is -0.368 e. The molecule has 1 fully saturated rings. The molecule has 20 heavy (non-hydrogen) atoms. The van der Waals surface area contributed by atoms with Gasteiger partial charge in [0, 0.05) is 18.0 Å². The number of nitrogens with one attached hydrogen (secondary N) is 1. The molecule has 1 aromatic heterocycles. The Kier molecular flexibility index (Phi) is 2.93. The van der Waals surface area contributed by atoms with Crippen molar-refractivity contribution in [3.8, 4) is 0 Å². The zero-order chi connectivity index (χ0) is 14.3. The summed E-state index contributed by atoms with van der Waals surface area (Å²) >= 11 is 0. The van der Waals surface area contributed by atoms with Crippen molar-refractivity contribution in [2.24, 2.45) is 5.73 Å². The summed E-state index contributed by atoms with van der Waals surface area (Å²) < 4.78 is 13.5. The summed E-state index contributed by atoms with van der Waals surface area (Å²) in [6.07, 6.45) is 0.496.